The van der Waals surface area contributed by atoms with Crippen LogP contribution >= 0.6 is 11.3 Å². The Bertz CT molecular complexity index is 469. The van der Waals surface area contributed by atoms with Crippen LogP contribution in [0.2, 0.25) is 0 Å². The van der Waals surface area contributed by atoms with Crippen LogP contribution in [-0.2, 0) is 11.3 Å². The van der Waals surface area contributed by atoms with Crippen LogP contribution in [0.25, 0.3) is 0 Å². The average molecular weight is 250 g/mol. The Kier molecular flexibility index (Phi) is 2.63. The van der Waals surface area contributed by atoms with E-state index in [0.29, 0.717) is 6.54 Å². The maximum Gasteiger partial charge on any atom is 0.256 e. The standard InChI is InChI=1S/C12H14N2O2S/c15-11-9(3-1-2-5-13-11)14-7-10-8(12(14)16)4-6-17-10/h4,6,9H,1-3,5,7H2,(H,13,15)/t9-/m0/s1. The molecule has 3 rings (SSSR count). The first kappa shape index (κ1) is 10.8. The zero-order valence-corrected chi connectivity index (χ0v) is 10.3. The van der Waals surface area contributed by atoms with Crippen molar-refractivity contribution in [2.75, 3.05) is 6.54 Å². The monoisotopic (exact) mass is 250 g/mol. The molecule has 2 amide bonds. The van der Waals surface area contributed by atoms with E-state index in [2.05, 4.69) is 5.32 Å². The van der Waals surface area contributed by atoms with Gasteiger partial charge in [0, 0.05) is 11.4 Å². The van der Waals surface area contributed by atoms with Gasteiger partial charge in [0.15, 0.2) is 0 Å². The highest BCUT2D eigenvalue weighted by Gasteiger charge is 2.37. The maximum atomic E-state index is 12.2. The molecule has 1 saturated heterocycles. The van der Waals surface area contributed by atoms with E-state index in [1.807, 2.05) is 11.4 Å². The number of carbonyl (C=O) groups is 2. The van der Waals surface area contributed by atoms with Crippen molar-refractivity contribution in [2.24, 2.45) is 0 Å². The van der Waals surface area contributed by atoms with Gasteiger partial charge in [0.1, 0.15) is 6.04 Å². The van der Waals surface area contributed by atoms with Crippen LogP contribution in [0.4, 0.5) is 0 Å². The summed E-state index contributed by atoms with van der Waals surface area (Å²) in [6.07, 6.45) is 2.79. The number of carbonyl (C=O) groups excluding carboxylic acids is 2. The van der Waals surface area contributed by atoms with Gasteiger partial charge in [0.05, 0.1) is 12.1 Å². The molecule has 90 valence electrons. The summed E-state index contributed by atoms with van der Waals surface area (Å²) >= 11 is 1.60. The van der Waals surface area contributed by atoms with Crippen molar-refractivity contribution in [2.45, 2.75) is 31.8 Å². The molecule has 0 spiro atoms. The molecular weight excluding hydrogens is 236 g/mol. The predicted octanol–water partition coefficient (Wildman–Crippen LogP) is 1.37. The van der Waals surface area contributed by atoms with E-state index in [-0.39, 0.29) is 17.9 Å². The quantitative estimate of drug-likeness (QED) is 0.818. The molecule has 17 heavy (non-hydrogen) atoms. The normalized spacial score (nSPS) is 24.5. The van der Waals surface area contributed by atoms with Gasteiger partial charge in [-0.15, -0.1) is 11.3 Å². The lowest BCUT2D eigenvalue weighted by Gasteiger charge is -2.25. The molecule has 1 fully saturated rings. The molecule has 0 aliphatic carbocycles. The molecule has 0 saturated carbocycles. The van der Waals surface area contributed by atoms with Crippen LogP contribution in [0.5, 0.6) is 0 Å². The third-order valence-electron chi connectivity index (χ3n) is 3.43. The topological polar surface area (TPSA) is 49.4 Å². The highest BCUT2D eigenvalue weighted by molar-refractivity contribution is 7.10. The molecule has 5 heteroatoms. The number of rotatable bonds is 1. The van der Waals surface area contributed by atoms with E-state index in [9.17, 15) is 9.59 Å². The molecule has 1 N–H and O–H groups in total. The van der Waals surface area contributed by atoms with Crippen LogP contribution in [0.3, 0.4) is 0 Å². The van der Waals surface area contributed by atoms with Gasteiger partial charge in [-0.2, -0.15) is 0 Å². The molecule has 2 aliphatic rings. The van der Waals surface area contributed by atoms with Crippen molar-refractivity contribution in [1.29, 1.82) is 0 Å². The van der Waals surface area contributed by atoms with Crippen LogP contribution in [-0.4, -0.2) is 29.3 Å². The molecule has 0 bridgehead atoms. The second kappa shape index (κ2) is 4.14. The molecular formula is C12H14N2O2S. The first-order chi connectivity index (χ1) is 8.27. The Morgan fingerprint density at radius 2 is 2.24 bits per heavy atom. The van der Waals surface area contributed by atoms with Crippen molar-refractivity contribution < 1.29 is 9.59 Å². The lowest BCUT2D eigenvalue weighted by atomic mass is 10.1. The Hall–Kier alpha value is -1.36. The van der Waals surface area contributed by atoms with Crippen molar-refractivity contribution in [3.63, 3.8) is 0 Å². The maximum absolute atomic E-state index is 12.2. The Morgan fingerprint density at radius 3 is 3.06 bits per heavy atom. The van der Waals surface area contributed by atoms with Gasteiger partial charge in [-0.05, 0) is 30.7 Å². The summed E-state index contributed by atoms with van der Waals surface area (Å²) in [6.45, 7) is 1.34. The third-order valence-corrected chi connectivity index (χ3v) is 4.34. The lowest BCUT2D eigenvalue weighted by molar-refractivity contribution is -0.125. The van der Waals surface area contributed by atoms with Crippen molar-refractivity contribution in [1.82, 2.24) is 10.2 Å². The molecule has 1 atom stereocenters. The third kappa shape index (κ3) is 1.74. The van der Waals surface area contributed by atoms with E-state index in [4.69, 9.17) is 0 Å². The van der Waals surface area contributed by atoms with Gasteiger partial charge in [-0.1, -0.05) is 0 Å². The SMILES string of the molecule is O=C1NCCCC[C@@H]1N1Cc2sccc2C1=O. The minimum Gasteiger partial charge on any atom is -0.354 e. The molecule has 0 unspecified atom stereocenters. The summed E-state index contributed by atoms with van der Waals surface area (Å²) in [5.41, 5.74) is 0.784. The number of hydrogen-bond donors (Lipinski definition) is 1. The molecule has 2 aliphatic heterocycles. The summed E-state index contributed by atoms with van der Waals surface area (Å²) in [5.74, 6) is 0.0225. The second-order valence-corrected chi connectivity index (χ2v) is 5.49. The zero-order valence-electron chi connectivity index (χ0n) is 9.44. The fraction of sp³-hybridized carbons (Fsp3) is 0.500. The van der Waals surface area contributed by atoms with Crippen LogP contribution < -0.4 is 5.32 Å². The van der Waals surface area contributed by atoms with Gasteiger partial charge in [-0.3, -0.25) is 9.59 Å². The number of nitrogens with zero attached hydrogens (tertiary/aromatic N) is 1. The van der Waals surface area contributed by atoms with Crippen LogP contribution in [0.1, 0.15) is 34.5 Å². The minimum absolute atomic E-state index is 0.00556. The zero-order chi connectivity index (χ0) is 11.8. The Balaban J connectivity index is 1.84. The largest absolute Gasteiger partial charge is 0.354 e. The number of fused-ring (bicyclic) bond motifs is 1. The minimum atomic E-state index is -0.274. The number of thiophene rings is 1. The summed E-state index contributed by atoms with van der Waals surface area (Å²) < 4.78 is 0. The molecule has 4 nitrogen and oxygen atoms in total. The Labute approximate surface area is 104 Å². The Morgan fingerprint density at radius 1 is 1.35 bits per heavy atom. The summed E-state index contributed by atoms with van der Waals surface area (Å²) in [5, 5.41) is 4.82. The average Bonchev–Trinajstić information content (AvgIpc) is 2.81. The summed E-state index contributed by atoms with van der Waals surface area (Å²) in [7, 11) is 0. The lowest BCUT2D eigenvalue weighted by Crippen LogP contribution is -2.45. The van der Waals surface area contributed by atoms with Crippen LogP contribution in [0.15, 0.2) is 11.4 Å². The van der Waals surface area contributed by atoms with E-state index < -0.39 is 0 Å². The molecule has 3 heterocycles. The van der Waals surface area contributed by atoms with Crippen LogP contribution in [0, 0.1) is 0 Å². The second-order valence-electron chi connectivity index (χ2n) is 4.49. The molecule has 1 aromatic heterocycles. The highest BCUT2D eigenvalue weighted by atomic mass is 32.1. The van der Waals surface area contributed by atoms with Crippen molar-refractivity contribution in [3.05, 3.63) is 21.9 Å². The smallest absolute Gasteiger partial charge is 0.256 e. The summed E-state index contributed by atoms with van der Waals surface area (Å²) in [6, 6.07) is 1.58. The van der Waals surface area contributed by atoms with E-state index in [1.54, 1.807) is 16.2 Å². The number of nitrogens with one attached hydrogen (secondary N) is 1. The molecule has 0 radical (unpaired) electrons. The fourth-order valence-corrected chi connectivity index (χ4v) is 3.37. The number of hydrogen-bond acceptors (Lipinski definition) is 3. The van der Waals surface area contributed by atoms with Gasteiger partial charge in [0.25, 0.3) is 5.91 Å². The van der Waals surface area contributed by atoms with E-state index in [1.165, 1.54) is 0 Å². The van der Waals surface area contributed by atoms with E-state index in [0.717, 1.165) is 36.2 Å². The van der Waals surface area contributed by atoms with Crippen molar-refractivity contribution >= 4 is 23.2 Å². The first-order valence-corrected chi connectivity index (χ1v) is 6.80. The first-order valence-electron chi connectivity index (χ1n) is 5.92. The van der Waals surface area contributed by atoms with Gasteiger partial charge < -0.3 is 10.2 Å². The fourth-order valence-electron chi connectivity index (χ4n) is 2.51. The highest BCUT2D eigenvalue weighted by Crippen LogP contribution is 2.30. The van der Waals surface area contributed by atoms with Crippen molar-refractivity contribution in [3.8, 4) is 0 Å². The van der Waals surface area contributed by atoms with Gasteiger partial charge in [0.2, 0.25) is 5.91 Å². The molecule has 0 aromatic carbocycles. The number of amides is 2. The summed E-state index contributed by atoms with van der Waals surface area (Å²) in [4.78, 5) is 26.9. The van der Waals surface area contributed by atoms with E-state index >= 15 is 0 Å². The van der Waals surface area contributed by atoms with Gasteiger partial charge in [-0.25, -0.2) is 0 Å². The molecule has 1 aromatic rings. The van der Waals surface area contributed by atoms with Gasteiger partial charge >= 0.3 is 0 Å². The predicted molar refractivity (Wildman–Crippen MR) is 64.8 cm³/mol.